The maximum atomic E-state index is 12.5. The van der Waals surface area contributed by atoms with Gasteiger partial charge in [-0.15, -0.1) is 24.0 Å². The maximum absolute atomic E-state index is 12.5. The third-order valence-electron chi connectivity index (χ3n) is 5.43. The predicted molar refractivity (Wildman–Crippen MR) is 112 cm³/mol. The van der Waals surface area contributed by atoms with Crippen LogP contribution in [0.2, 0.25) is 0 Å². The van der Waals surface area contributed by atoms with Crippen molar-refractivity contribution >= 4 is 35.8 Å². The first kappa shape index (κ1) is 19.5. The van der Waals surface area contributed by atoms with Crippen LogP contribution in [0.3, 0.4) is 0 Å². The number of carbonyl (C=O) groups excluding carboxylic acids is 1. The summed E-state index contributed by atoms with van der Waals surface area (Å²) in [5.41, 5.74) is 0. The summed E-state index contributed by atoms with van der Waals surface area (Å²) < 4.78 is 5.39. The fraction of sp³-hybridized carbons (Fsp3) is 0.684. The molecular formula is C19H29IN4O2. The van der Waals surface area contributed by atoms with Crippen LogP contribution in [-0.4, -0.2) is 59.9 Å². The fourth-order valence-electron chi connectivity index (χ4n) is 3.86. The zero-order valence-corrected chi connectivity index (χ0v) is 17.6. The van der Waals surface area contributed by atoms with Gasteiger partial charge in [0.1, 0.15) is 5.76 Å². The fourth-order valence-corrected chi connectivity index (χ4v) is 3.86. The summed E-state index contributed by atoms with van der Waals surface area (Å²) in [5, 5.41) is 3.62. The highest BCUT2D eigenvalue weighted by atomic mass is 127. The monoisotopic (exact) mass is 472 g/mol. The molecular weight excluding hydrogens is 443 g/mol. The van der Waals surface area contributed by atoms with E-state index in [0.29, 0.717) is 25.2 Å². The van der Waals surface area contributed by atoms with Crippen molar-refractivity contribution in [1.29, 1.82) is 0 Å². The molecule has 7 heteroatoms. The van der Waals surface area contributed by atoms with Gasteiger partial charge >= 0.3 is 0 Å². The molecule has 1 aromatic rings. The highest BCUT2D eigenvalue weighted by Crippen LogP contribution is 2.28. The summed E-state index contributed by atoms with van der Waals surface area (Å²) in [4.78, 5) is 21.5. The Morgan fingerprint density at radius 1 is 1.23 bits per heavy atom. The molecule has 26 heavy (non-hydrogen) atoms. The van der Waals surface area contributed by atoms with E-state index in [-0.39, 0.29) is 29.9 Å². The minimum atomic E-state index is 0. The van der Waals surface area contributed by atoms with Gasteiger partial charge in [0.2, 0.25) is 5.91 Å². The molecule has 1 aliphatic heterocycles. The lowest BCUT2D eigenvalue weighted by Crippen LogP contribution is -2.56. The van der Waals surface area contributed by atoms with Gasteiger partial charge in [0.15, 0.2) is 5.96 Å². The summed E-state index contributed by atoms with van der Waals surface area (Å²) in [7, 11) is 0. The molecule has 0 atom stereocenters. The van der Waals surface area contributed by atoms with Gasteiger partial charge in [-0.2, -0.15) is 0 Å². The molecule has 144 valence electrons. The van der Waals surface area contributed by atoms with Crippen LogP contribution < -0.4 is 5.32 Å². The van der Waals surface area contributed by atoms with E-state index in [2.05, 4.69) is 15.1 Å². The Kier molecular flexibility index (Phi) is 6.83. The second-order valence-corrected chi connectivity index (χ2v) is 7.40. The van der Waals surface area contributed by atoms with Gasteiger partial charge in [-0.05, 0) is 37.8 Å². The number of hydrogen-bond donors (Lipinski definition) is 1. The van der Waals surface area contributed by atoms with Crippen LogP contribution in [0.5, 0.6) is 0 Å². The summed E-state index contributed by atoms with van der Waals surface area (Å²) in [6.45, 7) is 2.84. The smallest absolute Gasteiger partial charge is 0.242 e. The van der Waals surface area contributed by atoms with Crippen molar-refractivity contribution in [2.45, 2.75) is 57.0 Å². The quantitative estimate of drug-likeness (QED) is 0.407. The molecule has 3 aliphatic rings. The first-order valence-electron chi connectivity index (χ1n) is 9.67. The average molecular weight is 472 g/mol. The molecule has 0 unspecified atom stereocenters. The molecule has 1 N–H and O–H groups in total. The second-order valence-electron chi connectivity index (χ2n) is 7.40. The van der Waals surface area contributed by atoms with Crippen LogP contribution >= 0.6 is 24.0 Å². The van der Waals surface area contributed by atoms with E-state index in [4.69, 9.17) is 9.41 Å². The number of nitrogens with zero attached hydrogens (tertiary/aromatic N) is 3. The molecule has 0 bridgehead atoms. The molecule has 4 rings (SSSR count). The second kappa shape index (κ2) is 9.10. The first-order valence-corrected chi connectivity index (χ1v) is 9.67. The normalized spacial score (nSPS) is 21.8. The van der Waals surface area contributed by atoms with Crippen molar-refractivity contribution in [2.75, 3.05) is 26.2 Å². The van der Waals surface area contributed by atoms with Crippen LogP contribution in [0.25, 0.3) is 0 Å². The van der Waals surface area contributed by atoms with E-state index in [1.165, 1.54) is 38.5 Å². The van der Waals surface area contributed by atoms with Gasteiger partial charge in [-0.3, -0.25) is 9.79 Å². The molecule has 1 amide bonds. The molecule has 0 aromatic carbocycles. The zero-order chi connectivity index (χ0) is 17.1. The number of carbonyl (C=O) groups is 1. The van der Waals surface area contributed by atoms with Gasteiger partial charge in [0, 0.05) is 38.1 Å². The molecule has 2 saturated carbocycles. The van der Waals surface area contributed by atoms with E-state index in [9.17, 15) is 4.79 Å². The molecule has 2 aliphatic carbocycles. The van der Waals surface area contributed by atoms with Crippen molar-refractivity contribution in [3.05, 3.63) is 24.2 Å². The first-order chi connectivity index (χ1) is 12.3. The third-order valence-corrected chi connectivity index (χ3v) is 5.43. The Morgan fingerprint density at radius 2 is 2.04 bits per heavy atom. The SMILES string of the molecule is I.O=C1CN(C(=NCCc2ccco2)NC2CCCC2)CCN1C1CC1. The summed E-state index contributed by atoms with van der Waals surface area (Å²) in [5.74, 6) is 2.11. The van der Waals surface area contributed by atoms with Crippen LogP contribution in [0, 0.1) is 0 Å². The van der Waals surface area contributed by atoms with Crippen molar-refractivity contribution < 1.29 is 9.21 Å². The molecule has 0 spiro atoms. The average Bonchev–Trinajstić information content (AvgIpc) is 3.09. The largest absolute Gasteiger partial charge is 0.469 e. The van der Waals surface area contributed by atoms with Gasteiger partial charge in [-0.1, -0.05) is 12.8 Å². The number of hydrogen-bond acceptors (Lipinski definition) is 3. The molecule has 3 fully saturated rings. The Balaban J connectivity index is 0.00000196. The van der Waals surface area contributed by atoms with Crippen molar-refractivity contribution in [1.82, 2.24) is 15.1 Å². The molecule has 1 aromatic heterocycles. The number of aliphatic imine (C=N–C) groups is 1. The standard InChI is InChI=1S/C19H28N4O2.HI/c24-18-14-22(11-12-23(18)16-7-8-16)19(21-15-4-1-2-5-15)20-10-9-17-6-3-13-25-17;/h3,6,13,15-16H,1-2,4-5,7-12,14H2,(H,20,21);1H. The lowest BCUT2D eigenvalue weighted by Gasteiger charge is -2.37. The van der Waals surface area contributed by atoms with E-state index < -0.39 is 0 Å². The van der Waals surface area contributed by atoms with E-state index in [1.54, 1.807) is 6.26 Å². The van der Waals surface area contributed by atoms with Crippen LogP contribution in [0.1, 0.15) is 44.3 Å². The highest BCUT2D eigenvalue weighted by molar-refractivity contribution is 14.0. The lowest BCUT2D eigenvalue weighted by molar-refractivity contribution is -0.135. The highest BCUT2D eigenvalue weighted by Gasteiger charge is 2.36. The van der Waals surface area contributed by atoms with E-state index >= 15 is 0 Å². The van der Waals surface area contributed by atoms with Crippen molar-refractivity contribution in [3.8, 4) is 0 Å². The summed E-state index contributed by atoms with van der Waals surface area (Å²) in [6, 6.07) is 4.90. The summed E-state index contributed by atoms with van der Waals surface area (Å²) in [6.07, 6.45) is 9.81. The lowest BCUT2D eigenvalue weighted by atomic mass is 10.2. The van der Waals surface area contributed by atoms with Gasteiger partial charge < -0.3 is 19.5 Å². The number of furan rings is 1. The predicted octanol–water partition coefficient (Wildman–Crippen LogP) is 2.63. The minimum Gasteiger partial charge on any atom is -0.469 e. The molecule has 2 heterocycles. The molecule has 0 radical (unpaired) electrons. The van der Waals surface area contributed by atoms with Gasteiger partial charge in [-0.25, -0.2) is 0 Å². The van der Waals surface area contributed by atoms with E-state index in [1.807, 2.05) is 12.1 Å². The number of halogens is 1. The zero-order valence-electron chi connectivity index (χ0n) is 15.2. The van der Waals surface area contributed by atoms with E-state index in [0.717, 1.165) is 31.2 Å². The Hall–Kier alpha value is -1.25. The number of guanidine groups is 1. The number of nitrogens with one attached hydrogen (secondary N) is 1. The molecule has 6 nitrogen and oxygen atoms in total. The Bertz CT molecular complexity index is 609. The van der Waals surface area contributed by atoms with Crippen LogP contribution in [0.15, 0.2) is 27.8 Å². The van der Waals surface area contributed by atoms with Crippen molar-refractivity contribution in [3.63, 3.8) is 0 Å². The van der Waals surface area contributed by atoms with Gasteiger partial charge in [0.25, 0.3) is 0 Å². The topological polar surface area (TPSA) is 61.1 Å². The third kappa shape index (κ3) is 4.92. The summed E-state index contributed by atoms with van der Waals surface area (Å²) >= 11 is 0. The number of amides is 1. The van der Waals surface area contributed by atoms with Crippen LogP contribution in [-0.2, 0) is 11.2 Å². The maximum Gasteiger partial charge on any atom is 0.242 e. The van der Waals surface area contributed by atoms with Crippen molar-refractivity contribution in [2.24, 2.45) is 4.99 Å². The molecule has 1 saturated heterocycles. The van der Waals surface area contributed by atoms with Crippen LogP contribution in [0.4, 0.5) is 0 Å². The minimum absolute atomic E-state index is 0. The Labute approximate surface area is 172 Å². The number of piperazine rings is 1. The Morgan fingerprint density at radius 3 is 2.69 bits per heavy atom. The van der Waals surface area contributed by atoms with Gasteiger partial charge in [0.05, 0.1) is 12.8 Å². The number of rotatable bonds is 5.